The summed E-state index contributed by atoms with van der Waals surface area (Å²) in [6.45, 7) is 1.77. The van der Waals surface area contributed by atoms with Gasteiger partial charge < -0.3 is 9.30 Å². The molecular weight excluding hydrogens is 293 g/mol. The number of piperidine rings is 1. The highest BCUT2D eigenvalue weighted by molar-refractivity contribution is 5.19. The van der Waals surface area contributed by atoms with E-state index in [0.717, 1.165) is 37.2 Å². The Bertz CT molecular complexity index is 643. The number of ether oxygens (including phenoxy) is 1. The first-order chi connectivity index (χ1) is 11.2. The van der Waals surface area contributed by atoms with Crippen molar-refractivity contribution >= 4 is 0 Å². The minimum atomic E-state index is -0.134. The fraction of sp³-hybridized carbons (Fsp3) is 0.500. The molecule has 0 bridgehead atoms. The van der Waals surface area contributed by atoms with Crippen LogP contribution in [0.5, 0.6) is 0 Å². The fourth-order valence-electron chi connectivity index (χ4n) is 3.47. The van der Waals surface area contributed by atoms with Crippen molar-refractivity contribution in [3.8, 4) is 0 Å². The molecule has 124 valence electrons. The summed E-state index contributed by atoms with van der Waals surface area (Å²) in [4.78, 5) is 6.81. The molecule has 0 spiro atoms. The molecule has 0 aliphatic carbocycles. The summed E-state index contributed by atoms with van der Waals surface area (Å²) in [6.07, 6.45) is 6.77. The van der Waals surface area contributed by atoms with Gasteiger partial charge in [0.1, 0.15) is 5.82 Å². The highest BCUT2D eigenvalue weighted by Crippen LogP contribution is 2.25. The van der Waals surface area contributed by atoms with E-state index in [1.54, 1.807) is 13.2 Å². The molecular formula is C18H24FN3O. The number of imidazole rings is 1. The normalized spacial score (nSPS) is 22.4. The molecule has 3 rings (SSSR count). The Balaban J connectivity index is 1.79. The molecule has 1 aliphatic heterocycles. The van der Waals surface area contributed by atoms with Gasteiger partial charge in [-0.1, -0.05) is 18.2 Å². The molecule has 4 nitrogen and oxygen atoms in total. The third kappa shape index (κ3) is 3.79. The molecule has 2 heterocycles. The quantitative estimate of drug-likeness (QED) is 0.849. The van der Waals surface area contributed by atoms with Crippen LogP contribution in [0.4, 0.5) is 4.39 Å². The maximum absolute atomic E-state index is 14.1. The van der Waals surface area contributed by atoms with Crippen LogP contribution in [0.15, 0.2) is 36.8 Å². The van der Waals surface area contributed by atoms with Crippen LogP contribution in [-0.2, 0) is 24.8 Å². The van der Waals surface area contributed by atoms with Crippen LogP contribution < -0.4 is 0 Å². The molecule has 0 saturated carbocycles. The predicted octanol–water partition coefficient (Wildman–Crippen LogP) is 2.78. The molecule has 23 heavy (non-hydrogen) atoms. The van der Waals surface area contributed by atoms with E-state index in [4.69, 9.17) is 4.74 Å². The number of rotatable bonds is 5. The molecule has 1 fully saturated rings. The second-order valence-electron chi connectivity index (χ2n) is 6.28. The van der Waals surface area contributed by atoms with Gasteiger partial charge in [0.05, 0.1) is 18.1 Å². The molecule has 1 aromatic carbocycles. The molecule has 0 unspecified atom stereocenters. The number of likely N-dealkylation sites (tertiary alicyclic amines) is 1. The van der Waals surface area contributed by atoms with E-state index in [9.17, 15) is 4.39 Å². The second kappa shape index (κ2) is 7.23. The van der Waals surface area contributed by atoms with E-state index >= 15 is 0 Å². The Kier molecular flexibility index (Phi) is 5.08. The van der Waals surface area contributed by atoms with Crippen LogP contribution >= 0.6 is 0 Å². The molecule has 0 radical (unpaired) electrons. The lowest BCUT2D eigenvalue weighted by molar-refractivity contribution is -0.0224. The lowest BCUT2D eigenvalue weighted by Gasteiger charge is -2.40. The standard InChI is InChI=1S/C18H24FN3O/c1-21-11-15(20-13-21)12-22-9-5-8-18(23-2)17(22)10-14-6-3-4-7-16(14)19/h3-4,6-7,11,13,17-18H,5,8-10,12H2,1-2H3/t17-,18-/m0/s1. The van der Waals surface area contributed by atoms with E-state index in [1.807, 2.05) is 36.3 Å². The van der Waals surface area contributed by atoms with E-state index < -0.39 is 0 Å². The van der Waals surface area contributed by atoms with Gasteiger partial charge in [-0.05, 0) is 37.4 Å². The predicted molar refractivity (Wildman–Crippen MR) is 87.5 cm³/mol. The first kappa shape index (κ1) is 16.1. The lowest BCUT2D eigenvalue weighted by atomic mass is 9.92. The average molecular weight is 317 g/mol. The second-order valence-corrected chi connectivity index (χ2v) is 6.28. The van der Waals surface area contributed by atoms with Gasteiger partial charge in [-0.3, -0.25) is 4.90 Å². The lowest BCUT2D eigenvalue weighted by Crippen LogP contribution is -2.49. The summed E-state index contributed by atoms with van der Waals surface area (Å²) in [7, 11) is 3.73. The Morgan fingerprint density at radius 1 is 1.35 bits per heavy atom. The monoisotopic (exact) mass is 317 g/mol. The average Bonchev–Trinajstić information content (AvgIpc) is 2.96. The summed E-state index contributed by atoms with van der Waals surface area (Å²) < 4.78 is 21.7. The SMILES string of the molecule is CO[C@H]1CCCN(Cc2cn(C)cn2)[C@H]1Cc1ccccc1F. The maximum atomic E-state index is 14.1. The van der Waals surface area contributed by atoms with Crippen LogP contribution in [0, 0.1) is 5.82 Å². The Hall–Kier alpha value is -1.72. The first-order valence-corrected chi connectivity index (χ1v) is 8.14. The van der Waals surface area contributed by atoms with Crippen molar-refractivity contribution in [3.05, 3.63) is 53.9 Å². The highest BCUT2D eigenvalue weighted by Gasteiger charge is 2.32. The van der Waals surface area contributed by atoms with Gasteiger partial charge in [0.15, 0.2) is 0 Å². The van der Waals surface area contributed by atoms with Crippen LogP contribution in [0.3, 0.4) is 0 Å². The van der Waals surface area contributed by atoms with Crippen molar-refractivity contribution in [2.24, 2.45) is 7.05 Å². The molecule has 0 amide bonds. The molecule has 2 aromatic rings. The third-order valence-electron chi connectivity index (χ3n) is 4.65. The highest BCUT2D eigenvalue weighted by atomic mass is 19.1. The fourth-order valence-corrected chi connectivity index (χ4v) is 3.47. The topological polar surface area (TPSA) is 30.3 Å². The minimum absolute atomic E-state index is 0.132. The smallest absolute Gasteiger partial charge is 0.126 e. The largest absolute Gasteiger partial charge is 0.380 e. The van der Waals surface area contributed by atoms with Gasteiger partial charge in [-0.25, -0.2) is 9.37 Å². The van der Waals surface area contributed by atoms with Crippen molar-refractivity contribution in [1.82, 2.24) is 14.5 Å². The van der Waals surface area contributed by atoms with E-state index in [1.165, 1.54) is 6.07 Å². The Morgan fingerprint density at radius 3 is 2.87 bits per heavy atom. The van der Waals surface area contributed by atoms with Crippen molar-refractivity contribution in [3.63, 3.8) is 0 Å². The molecule has 5 heteroatoms. The van der Waals surface area contributed by atoms with E-state index in [2.05, 4.69) is 9.88 Å². The van der Waals surface area contributed by atoms with E-state index in [-0.39, 0.29) is 18.0 Å². The third-order valence-corrected chi connectivity index (χ3v) is 4.65. The number of aryl methyl sites for hydroxylation is 1. The van der Waals surface area contributed by atoms with Crippen molar-refractivity contribution < 1.29 is 9.13 Å². The zero-order valence-corrected chi connectivity index (χ0v) is 13.8. The minimum Gasteiger partial charge on any atom is -0.380 e. The number of nitrogens with zero attached hydrogens (tertiary/aromatic N) is 3. The van der Waals surface area contributed by atoms with Gasteiger partial charge in [0.2, 0.25) is 0 Å². The Labute approximate surface area is 136 Å². The van der Waals surface area contributed by atoms with Crippen molar-refractivity contribution in [1.29, 1.82) is 0 Å². The van der Waals surface area contributed by atoms with Crippen molar-refractivity contribution in [2.45, 2.75) is 38.0 Å². The first-order valence-electron chi connectivity index (χ1n) is 8.14. The number of aromatic nitrogens is 2. The van der Waals surface area contributed by atoms with Gasteiger partial charge in [0.25, 0.3) is 0 Å². The maximum Gasteiger partial charge on any atom is 0.126 e. The van der Waals surface area contributed by atoms with Gasteiger partial charge >= 0.3 is 0 Å². The molecule has 0 N–H and O–H groups in total. The van der Waals surface area contributed by atoms with Crippen molar-refractivity contribution in [2.75, 3.05) is 13.7 Å². The number of hydrogen-bond donors (Lipinski definition) is 0. The Morgan fingerprint density at radius 2 is 2.17 bits per heavy atom. The molecule has 2 atom stereocenters. The van der Waals surface area contributed by atoms with Crippen LogP contribution in [0.1, 0.15) is 24.1 Å². The molecule has 1 aromatic heterocycles. The number of hydrogen-bond acceptors (Lipinski definition) is 3. The van der Waals surface area contributed by atoms with Gasteiger partial charge in [0, 0.05) is 32.9 Å². The van der Waals surface area contributed by atoms with E-state index in [0.29, 0.717) is 6.42 Å². The summed E-state index contributed by atoms with van der Waals surface area (Å²) in [5, 5.41) is 0. The number of methoxy groups -OCH3 is 1. The van der Waals surface area contributed by atoms with Gasteiger partial charge in [-0.15, -0.1) is 0 Å². The number of halogens is 1. The van der Waals surface area contributed by atoms with Crippen LogP contribution in [0.2, 0.25) is 0 Å². The zero-order chi connectivity index (χ0) is 16.2. The number of benzene rings is 1. The van der Waals surface area contributed by atoms with Gasteiger partial charge in [-0.2, -0.15) is 0 Å². The summed E-state index contributed by atoms with van der Waals surface area (Å²) in [6, 6.07) is 7.21. The van der Waals surface area contributed by atoms with Crippen LogP contribution in [0.25, 0.3) is 0 Å². The molecule has 1 aliphatic rings. The summed E-state index contributed by atoms with van der Waals surface area (Å²) in [5.41, 5.74) is 1.80. The zero-order valence-electron chi connectivity index (χ0n) is 13.8. The molecule has 1 saturated heterocycles. The summed E-state index contributed by atoms with van der Waals surface area (Å²) in [5.74, 6) is -0.134. The summed E-state index contributed by atoms with van der Waals surface area (Å²) >= 11 is 0. The van der Waals surface area contributed by atoms with Crippen LogP contribution in [-0.4, -0.2) is 40.3 Å².